The van der Waals surface area contributed by atoms with E-state index in [-0.39, 0.29) is 0 Å². The molecule has 1 heterocycles. The number of benzene rings is 1. The Balaban J connectivity index is 2.07. The first-order valence-corrected chi connectivity index (χ1v) is 6.14. The fourth-order valence-electron chi connectivity index (χ4n) is 1.27. The normalized spacial score (nSPS) is 10.4. The molecule has 0 atom stereocenters. The first kappa shape index (κ1) is 11.8. The van der Waals surface area contributed by atoms with Crippen LogP contribution in [0.25, 0.3) is 0 Å². The third-order valence-corrected chi connectivity index (χ3v) is 3.63. The number of anilines is 1. The molecule has 1 aromatic heterocycles. The number of rotatable bonds is 3. The Morgan fingerprint density at radius 1 is 1.19 bits per heavy atom. The summed E-state index contributed by atoms with van der Waals surface area (Å²) in [7, 11) is 0. The Morgan fingerprint density at radius 2 is 2.00 bits per heavy atom. The fraction of sp³-hybridized carbons (Fsp3) is 0.0909. The Labute approximate surface area is 112 Å². The molecule has 2 rings (SSSR count). The minimum Gasteiger partial charge on any atom is -0.448 e. The van der Waals surface area contributed by atoms with Gasteiger partial charge in [-0.1, -0.05) is 17.7 Å². The van der Waals surface area contributed by atoms with Crippen LogP contribution in [0.5, 0.6) is 0 Å². The van der Waals surface area contributed by atoms with E-state index in [1.807, 2.05) is 24.3 Å². The topological polar surface area (TPSA) is 25.2 Å². The Kier molecular flexibility index (Phi) is 3.79. The van der Waals surface area contributed by atoms with Gasteiger partial charge in [-0.05, 0) is 51.8 Å². The van der Waals surface area contributed by atoms with Gasteiger partial charge in [-0.2, -0.15) is 0 Å². The van der Waals surface area contributed by atoms with Crippen LogP contribution in [0.15, 0.2) is 39.2 Å². The largest absolute Gasteiger partial charge is 0.448 e. The summed E-state index contributed by atoms with van der Waals surface area (Å²) in [6.07, 6.45) is 0. The van der Waals surface area contributed by atoms with Crippen molar-refractivity contribution in [1.82, 2.24) is 0 Å². The lowest BCUT2D eigenvalue weighted by Gasteiger charge is -2.07. The smallest absolute Gasteiger partial charge is 0.193 e. The average molecular weight is 321 g/mol. The van der Waals surface area contributed by atoms with Crippen molar-refractivity contribution in [3.8, 4) is 0 Å². The Morgan fingerprint density at radius 3 is 2.69 bits per heavy atom. The van der Waals surface area contributed by atoms with Crippen LogP contribution in [0.2, 0.25) is 10.2 Å². The third kappa shape index (κ3) is 2.73. The molecular weight excluding hydrogens is 313 g/mol. The fourth-order valence-corrected chi connectivity index (χ4v) is 2.01. The zero-order chi connectivity index (χ0) is 11.5. The van der Waals surface area contributed by atoms with Gasteiger partial charge in [0.25, 0.3) is 0 Å². The van der Waals surface area contributed by atoms with E-state index >= 15 is 0 Å². The molecule has 16 heavy (non-hydrogen) atoms. The van der Waals surface area contributed by atoms with Crippen molar-refractivity contribution in [2.24, 2.45) is 0 Å². The molecule has 1 N–H and O–H groups in total. The number of hydrogen-bond acceptors (Lipinski definition) is 2. The summed E-state index contributed by atoms with van der Waals surface area (Å²) >= 11 is 15.0. The summed E-state index contributed by atoms with van der Waals surface area (Å²) in [5.74, 6) is 0.775. The maximum absolute atomic E-state index is 5.97. The SMILES string of the molecule is Clc1ccc(CNc2cccc(Cl)c2Br)o1. The minimum atomic E-state index is 0.391. The standard InChI is InChI=1S/C11H8BrCl2NO/c12-11-8(13)2-1-3-9(11)15-6-7-4-5-10(14)16-7/h1-5,15H,6H2. The maximum atomic E-state index is 5.97. The third-order valence-electron chi connectivity index (χ3n) is 2.03. The molecule has 0 bridgehead atoms. The van der Waals surface area contributed by atoms with E-state index < -0.39 is 0 Å². The van der Waals surface area contributed by atoms with Crippen LogP contribution in [-0.4, -0.2) is 0 Å². The molecule has 0 fully saturated rings. The molecule has 0 saturated heterocycles. The van der Waals surface area contributed by atoms with Gasteiger partial charge in [-0.3, -0.25) is 0 Å². The van der Waals surface area contributed by atoms with E-state index in [9.17, 15) is 0 Å². The molecule has 0 aliphatic heterocycles. The summed E-state index contributed by atoms with van der Waals surface area (Å²) in [4.78, 5) is 0. The van der Waals surface area contributed by atoms with Crippen LogP contribution >= 0.6 is 39.1 Å². The van der Waals surface area contributed by atoms with E-state index in [1.165, 1.54) is 0 Å². The van der Waals surface area contributed by atoms with Crippen molar-refractivity contribution in [3.05, 3.63) is 50.8 Å². The van der Waals surface area contributed by atoms with Gasteiger partial charge in [0, 0.05) is 0 Å². The van der Waals surface area contributed by atoms with E-state index in [1.54, 1.807) is 6.07 Å². The summed E-state index contributed by atoms with van der Waals surface area (Å²) in [6.45, 7) is 0.561. The summed E-state index contributed by atoms with van der Waals surface area (Å²) < 4.78 is 6.07. The zero-order valence-corrected chi connectivity index (χ0v) is 11.2. The highest BCUT2D eigenvalue weighted by atomic mass is 79.9. The molecule has 0 saturated carbocycles. The number of halogens is 3. The van der Waals surface area contributed by atoms with Crippen LogP contribution in [0.3, 0.4) is 0 Å². The molecule has 84 valence electrons. The second-order valence-electron chi connectivity index (χ2n) is 3.16. The van der Waals surface area contributed by atoms with Crippen molar-refractivity contribution in [2.75, 3.05) is 5.32 Å². The van der Waals surface area contributed by atoms with Crippen molar-refractivity contribution in [1.29, 1.82) is 0 Å². The van der Waals surface area contributed by atoms with Gasteiger partial charge in [0.05, 0.1) is 21.7 Å². The van der Waals surface area contributed by atoms with Gasteiger partial charge in [0.2, 0.25) is 0 Å². The monoisotopic (exact) mass is 319 g/mol. The zero-order valence-electron chi connectivity index (χ0n) is 8.14. The summed E-state index contributed by atoms with van der Waals surface area (Å²) in [5, 5.41) is 4.26. The van der Waals surface area contributed by atoms with E-state index in [4.69, 9.17) is 27.6 Å². The second kappa shape index (κ2) is 5.13. The molecule has 0 spiro atoms. The predicted octanol–water partition coefficient (Wildman–Crippen LogP) is 4.96. The molecule has 1 aromatic carbocycles. The highest BCUT2D eigenvalue weighted by molar-refractivity contribution is 9.10. The number of nitrogens with one attached hydrogen (secondary N) is 1. The molecule has 0 aliphatic rings. The molecular formula is C11H8BrCl2NO. The van der Waals surface area contributed by atoms with Gasteiger partial charge < -0.3 is 9.73 Å². The average Bonchev–Trinajstić information content (AvgIpc) is 2.67. The van der Waals surface area contributed by atoms with Gasteiger partial charge >= 0.3 is 0 Å². The van der Waals surface area contributed by atoms with Gasteiger partial charge in [0.1, 0.15) is 5.76 Å². The van der Waals surface area contributed by atoms with Crippen molar-refractivity contribution < 1.29 is 4.42 Å². The molecule has 0 unspecified atom stereocenters. The first-order valence-electron chi connectivity index (χ1n) is 4.59. The molecule has 2 aromatic rings. The lowest BCUT2D eigenvalue weighted by molar-refractivity contribution is 0.520. The maximum Gasteiger partial charge on any atom is 0.193 e. The van der Waals surface area contributed by atoms with Crippen molar-refractivity contribution >= 4 is 44.8 Å². The molecule has 2 nitrogen and oxygen atoms in total. The summed E-state index contributed by atoms with van der Waals surface area (Å²) in [5.41, 5.74) is 0.917. The minimum absolute atomic E-state index is 0.391. The van der Waals surface area contributed by atoms with Crippen molar-refractivity contribution in [2.45, 2.75) is 6.54 Å². The molecule has 0 aliphatic carbocycles. The van der Waals surface area contributed by atoms with Gasteiger partial charge in [-0.15, -0.1) is 0 Å². The lowest BCUT2D eigenvalue weighted by Crippen LogP contribution is -1.98. The number of furan rings is 1. The van der Waals surface area contributed by atoms with Gasteiger partial charge in [-0.25, -0.2) is 0 Å². The Hall–Kier alpha value is -0.640. The lowest BCUT2D eigenvalue weighted by atomic mass is 10.3. The van der Waals surface area contributed by atoms with Crippen LogP contribution in [0, 0.1) is 0 Å². The summed E-state index contributed by atoms with van der Waals surface area (Å²) in [6, 6.07) is 9.17. The van der Waals surface area contributed by atoms with Gasteiger partial charge in [0.15, 0.2) is 5.22 Å². The van der Waals surface area contributed by atoms with Crippen LogP contribution in [-0.2, 0) is 6.54 Å². The van der Waals surface area contributed by atoms with E-state index in [2.05, 4.69) is 21.2 Å². The highest BCUT2D eigenvalue weighted by Gasteiger charge is 2.04. The number of hydrogen-bond donors (Lipinski definition) is 1. The van der Waals surface area contributed by atoms with Crippen LogP contribution in [0.4, 0.5) is 5.69 Å². The van der Waals surface area contributed by atoms with Crippen LogP contribution < -0.4 is 5.32 Å². The Bertz CT molecular complexity index is 498. The van der Waals surface area contributed by atoms with Crippen molar-refractivity contribution in [3.63, 3.8) is 0 Å². The molecule has 0 radical (unpaired) electrons. The van der Waals surface area contributed by atoms with E-state index in [0.29, 0.717) is 16.8 Å². The quantitative estimate of drug-likeness (QED) is 0.864. The van der Waals surface area contributed by atoms with Crippen LogP contribution in [0.1, 0.15) is 5.76 Å². The predicted molar refractivity (Wildman–Crippen MR) is 70.2 cm³/mol. The first-order chi connectivity index (χ1) is 7.66. The molecule has 5 heteroatoms. The van der Waals surface area contributed by atoms with E-state index in [0.717, 1.165) is 15.9 Å². The second-order valence-corrected chi connectivity index (χ2v) is 4.73. The highest BCUT2D eigenvalue weighted by Crippen LogP contribution is 2.30. The molecule has 0 amide bonds.